The topological polar surface area (TPSA) is 84.9 Å². The van der Waals surface area contributed by atoms with Crippen LogP contribution >= 0.6 is 11.3 Å². The summed E-state index contributed by atoms with van der Waals surface area (Å²) in [6, 6.07) is 7.84. The first-order chi connectivity index (χ1) is 16.7. The molecule has 1 unspecified atom stereocenters. The molecule has 1 atom stereocenters. The molecule has 3 rings (SSSR count). The Hall–Kier alpha value is -2.94. The fourth-order valence-electron chi connectivity index (χ4n) is 3.57. The number of benzene rings is 1. The number of esters is 1. The lowest BCUT2D eigenvalue weighted by atomic mass is 9.98. The van der Waals surface area contributed by atoms with Crippen molar-refractivity contribution in [3.05, 3.63) is 47.0 Å². The van der Waals surface area contributed by atoms with Gasteiger partial charge in [0.05, 0.1) is 13.2 Å². The second kappa shape index (κ2) is 12.2. The van der Waals surface area contributed by atoms with Crippen LogP contribution in [-0.2, 0) is 21.4 Å². The second-order valence-corrected chi connectivity index (χ2v) is 10.6. The monoisotopic (exact) mass is 500 g/mol. The molecule has 1 saturated heterocycles. The zero-order valence-electron chi connectivity index (χ0n) is 21.3. The van der Waals surface area contributed by atoms with Crippen molar-refractivity contribution in [3.63, 3.8) is 0 Å². The highest BCUT2D eigenvalue weighted by Gasteiger charge is 2.41. The molecule has 2 aromatic rings. The first-order valence-corrected chi connectivity index (χ1v) is 12.9. The fraction of sp³-hybridized carbons (Fsp3) is 0.538. The predicted molar refractivity (Wildman–Crippen MR) is 138 cm³/mol. The largest absolute Gasteiger partial charge is 0.494 e. The standard InChI is InChI=1S/C26H36N4O4S/c1-6-7-8-9-11-19-13-15-20(16-14-19)33-17-10-12-22(31)34-21-18-29(5)25(32)30(21)24-28-27-23(35-24)26(2,3)4/h6-7,13-16,21H,8-12,17-18H2,1-5H3. The molecule has 1 aromatic carbocycles. The van der Waals surface area contributed by atoms with E-state index in [1.54, 1.807) is 7.05 Å². The third-order valence-corrected chi connectivity index (χ3v) is 6.92. The predicted octanol–water partition coefficient (Wildman–Crippen LogP) is 5.33. The fourth-order valence-corrected chi connectivity index (χ4v) is 4.51. The van der Waals surface area contributed by atoms with Crippen LogP contribution < -0.4 is 9.64 Å². The summed E-state index contributed by atoms with van der Waals surface area (Å²) in [6.07, 6.45) is 7.53. The molecule has 0 spiro atoms. The number of likely N-dealkylation sites (N-methyl/N-ethyl adjacent to an activating group) is 1. The highest BCUT2D eigenvalue weighted by Crippen LogP contribution is 2.33. The van der Waals surface area contributed by atoms with Gasteiger partial charge in [0.1, 0.15) is 10.8 Å². The third kappa shape index (κ3) is 7.52. The van der Waals surface area contributed by atoms with Gasteiger partial charge >= 0.3 is 12.0 Å². The van der Waals surface area contributed by atoms with Gasteiger partial charge in [0, 0.05) is 18.9 Å². The molecule has 0 N–H and O–H groups in total. The van der Waals surface area contributed by atoms with Gasteiger partial charge < -0.3 is 14.4 Å². The zero-order chi connectivity index (χ0) is 25.4. The molecule has 0 saturated carbocycles. The number of rotatable bonds is 11. The maximum absolute atomic E-state index is 12.7. The van der Waals surface area contributed by atoms with Crippen LogP contribution in [0.2, 0.25) is 0 Å². The number of carbonyl (C=O) groups is 2. The van der Waals surface area contributed by atoms with Crippen LogP contribution in [-0.4, -0.2) is 53.5 Å². The van der Waals surface area contributed by atoms with Crippen LogP contribution in [0.3, 0.4) is 0 Å². The van der Waals surface area contributed by atoms with E-state index in [0.717, 1.165) is 30.0 Å². The van der Waals surface area contributed by atoms with Gasteiger partial charge in [-0.2, -0.15) is 0 Å². The Labute approximate surface area is 211 Å². The third-order valence-electron chi connectivity index (χ3n) is 5.57. The summed E-state index contributed by atoms with van der Waals surface area (Å²) in [7, 11) is 1.68. The van der Waals surface area contributed by atoms with Gasteiger partial charge in [0.15, 0.2) is 0 Å². The summed E-state index contributed by atoms with van der Waals surface area (Å²) < 4.78 is 11.4. The van der Waals surface area contributed by atoms with Gasteiger partial charge in [-0.3, -0.25) is 4.79 Å². The first-order valence-electron chi connectivity index (χ1n) is 12.1. The molecule has 1 aliphatic rings. The molecule has 0 aliphatic carbocycles. The van der Waals surface area contributed by atoms with Crippen molar-refractivity contribution >= 4 is 28.5 Å². The Kier molecular flexibility index (Phi) is 9.26. The Morgan fingerprint density at radius 2 is 1.94 bits per heavy atom. The van der Waals surface area contributed by atoms with Crippen LogP contribution in [0.4, 0.5) is 9.93 Å². The SMILES string of the molecule is CC=CCCCc1ccc(OCCCC(=O)OC2CN(C)C(=O)N2c2nnc(C(C)(C)C)s2)cc1. The van der Waals surface area contributed by atoms with E-state index in [9.17, 15) is 9.59 Å². The van der Waals surface area contributed by atoms with Gasteiger partial charge in [-0.05, 0) is 50.3 Å². The van der Waals surface area contributed by atoms with Crippen LogP contribution in [0.15, 0.2) is 36.4 Å². The molecule has 35 heavy (non-hydrogen) atoms. The van der Waals surface area contributed by atoms with E-state index in [0.29, 0.717) is 18.2 Å². The molecule has 1 aromatic heterocycles. The highest BCUT2D eigenvalue weighted by atomic mass is 32.1. The molecule has 190 valence electrons. The van der Waals surface area contributed by atoms with Crippen molar-refractivity contribution < 1.29 is 19.1 Å². The maximum atomic E-state index is 12.7. The Bertz CT molecular complexity index is 1010. The number of hydrogen-bond acceptors (Lipinski definition) is 7. The van der Waals surface area contributed by atoms with Gasteiger partial charge in [0.2, 0.25) is 11.4 Å². The highest BCUT2D eigenvalue weighted by molar-refractivity contribution is 7.15. The summed E-state index contributed by atoms with van der Waals surface area (Å²) in [5.74, 6) is 0.416. The molecule has 0 bridgehead atoms. The van der Waals surface area contributed by atoms with Crippen molar-refractivity contribution in [1.82, 2.24) is 15.1 Å². The minimum atomic E-state index is -0.720. The molecule has 2 heterocycles. The van der Waals surface area contributed by atoms with E-state index in [-0.39, 0.29) is 30.4 Å². The lowest BCUT2D eigenvalue weighted by molar-refractivity contribution is -0.148. The summed E-state index contributed by atoms with van der Waals surface area (Å²) in [6.45, 7) is 8.85. The number of unbranched alkanes of at least 4 members (excludes halogenated alkanes) is 1. The van der Waals surface area contributed by atoms with E-state index in [1.165, 1.54) is 26.7 Å². The minimum Gasteiger partial charge on any atom is -0.494 e. The van der Waals surface area contributed by atoms with Crippen LogP contribution in [0.25, 0.3) is 0 Å². The Balaban J connectivity index is 1.44. The van der Waals surface area contributed by atoms with Gasteiger partial charge in [-0.25, -0.2) is 9.69 Å². The number of hydrogen-bond donors (Lipinski definition) is 0. The van der Waals surface area contributed by atoms with Crippen molar-refractivity contribution in [2.45, 2.75) is 71.4 Å². The van der Waals surface area contributed by atoms with E-state index in [4.69, 9.17) is 9.47 Å². The van der Waals surface area contributed by atoms with Crippen LogP contribution in [0, 0.1) is 0 Å². The summed E-state index contributed by atoms with van der Waals surface area (Å²) in [5.41, 5.74) is 1.11. The van der Waals surface area contributed by atoms with Crippen molar-refractivity contribution in [2.75, 3.05) is 25.1 Å². The molecular weight excluding hydrogens is 464 g/mol. The number of aromatic nitrogens is 2. The molecule has 0 radical (unpaired) electrons. The van der Waals surface area contributed by atoms with Crippen LogP contribution in [0.5, 0.6) is 5.75 Å². The number of nitrogens with zero attached hydrogens (tertiary/aromatic N) is 4. The quantitative estimate of drug-likeness (QED) is 0.235. The van der Waals surface area contributed by atoms with Gasteiger partial charge in [0.25, 0.3) is 0 Å². The van der Waals surface area contributed by atoms with E-state index in [1.807, 2.05) is 39.8 Å². The zero-order valence-corrected chi connectivity index (χ0v) is 22.1. The average molecular weight is 501 g/mol. The second-order valence-electron chi connectivity index (χ2n) is 9.67. The van der Waals surface area contributed by atoms with Gasteiger partial charge in [-0.1, -0.05) is 56.4 Å². The number of ether oxygens (including phenoxy) is 2. The Morgan fingerprint density at radius 3 is 2.60 bits per heavy atom. The number of anilines is 1. The number of urea groups is 1. The number of carbonyl (C=O) groups excluding carboxylic acids is 2. The number of aryl methyl sites for hydroxylation is 1. The summed E-state index contributed by atoms with van der Waals surface area (Å²) >= 11 is 1.34. The number of allylic oxidation sites excluding steroid dienone is 2. The molecule has 1 fully saturated rings. The first kappa shape index (κ1) is 26.7. The maximum Gasteiger partial charge on any atom is 0.329 e. The molecule has 1 aliphatic heterocycles. The molecule has 2 amide bonds. The molecule has 8 nitrogen and oxygen atoms in total. The minimum absolute atomic E-state index is 0.177. The van der Waals surface area contributed by atoms with Crippen molar-refractivity contribution in [3.8, 4) is 5.75 Å². The van der Waals surface area contributed by atoms with Crippen molar-refractivity contribution in [1.29, 1.82) is 0 Å². The number of amides is 2. The normalized spacial score (nSPS) is 16.4. The Morgan fingerprint density at radius 1 is 1.20 bits per heavy atom. The van der Waals surface area contributed by atoms with E-state index in [2.05, 4.69) is 34.5 Å². The smallest absolute Gasteiger partial charge is 0.329 e. The van der Waals surface area contributed by atoms with E-state index < -0.39 is 6.23 Å². The lowest BCUT2D eigenvalue weighted by Gasteiger charge is -2.20. The van der Waals surface area contributed by atoms with Crippen LogP contribution in [0.1, 0.15) is 63.9 Å². The van der Waals surface area contributed by atoms with Crippen molar-refractivity contribution in [2.24, 2.45) is 0 Å². The summed E-state index contributed by atoms with van der Waals surface area (Å²) in [4.78, 5) is 28.1. The average Bonchev–Trinajstić information content (AvgIpc) is 3.40. The molecule has 9 heteroatoms. The summed E-state index contributed by atoms with van der Waals surface area (Å²) in [5, 5.41) is 9.66. The molecular formula is C26H36N4O4S. The lowest BCUT2D eigenvalue weighted by Crippen LogP contribution is -2.37. The van der Waals surface area contributed by atoms with E-state index >= 15 is 0 Å². The van der Waals surface area contributed by atoms with Gasteiger partial charge in [-0.15, -0.1) is 10.2 Å².